The zero-order valence-electron chi connectivity index (χ0n) is 9.56. The Morgan fingerprint density at radius 2 is 1.89 bits per heavy atom. The van der Waals surface area contributed by atoms with Gasteiger partial charge in [-0.05, 0) is 35.2 Å². The lowest BCUT2D eigenvalue weighted by Crippen LogP contribution is -1.89. The van der Waals surface area contributed by atoms with Crippen molar-refractivity contribution in [1.29, 1.82) is 0 Å². The van der Waals surface area contributed by atoms with Gasteiger partial charge in [-0.1, -0.05) is 24.3 Å². The van der Waals surface area contributed by atoms with E-state index in [9.17, 15) is 4.39 Å². The van der Waals surface area contributed by atoms with Gasteiger partial charge in [0, 0.05) is 15.1 Å². The lowest BCUT2D eigenvalue weighted by Gasteiger charge is -2.02. The number of halogens is 1. The van der Waals surface area contributed by atoms with Crippen LogP contribution in [0.5, 0.6) is 0 Å². The molecule has 1 aromatic heterocycles. The number of rotatable bonds is 2. The van der Waals surface area contributed by atoms with Crippen molar-refractivity contribution in [2.75, 3.05) is 0 Å². The van der Waals surface area contributed by atoms with Gasteiger partial charge in [-0.25, -0.2) is 4.39 Å². The van der Waals surface area contributed by atoms with Gasteiger partial charge >= 0.3 is 0 Å². The number of aliphatic hydroxyl groups excluding tert-OH is 1. The van der Waals surface area contributed by atoms with Gasteiger partial charge in [0.1, 0.15) is 5.82 Å². The first-order valence-electron chi connectivity index (χ1n) is 5.66. The highest BCUT2D eigenvalue weighted by Gasteiger charge is 2.07. The molecule has 0 saturated carbocycles. The number of aliphatic hydroxyl groups is 1. The van der Waals surface area contributed by atoms with Crippen LogP contribution in [0.2, 0.25) is 0 Å². The molecule has 0 radical (unpaired) electrons. The molecule has 0 unspecified atom stereocenters. The van der Waals surface area contributed by atoms with E-state index in [4.69, 9.17) is 5.11 Å². The standard InChI is InChI=1S/C15H11FOS/c16-13-6-5-11(7-12(13)9-17)15-8-10-3-1-2-4-14(10)18-15/h1-8,17H,9H2. The van der Waals surface area contributed by atoms with Gasteiger partial charge in [0.05, 0.1) is 6.61 Å². The minimum Gasteiger partial charge on any atom is -0.392 e. The average Bonchev–Trinajstić information content (AvgIpc) is 2.83. The van der Waals surface area contributed by atoms with Crippen LogP contribution >= 0.6 is 11.3 Å². The second-order valence-electron chi connectivity index (χ2n) is 4.11. The minimum atomic E-state index is -0.359. The van der Waals surface area contributed by atoms with Gasteiger partial charge < -0.3 is 5.11 Å². The molecular formula is C15H11FOS. The molecule has 3 aromatic rings. The first-order valence-corrected chi connectivity index (χ1v) is 6.48. The van der Waals surface area contributed by atoms with Gasteiger partial charge in [-0.2, -0.15) is 0 Å². The molecule has 0 bridgehead atoms. The van der Waals surface area contributed by atoms with Crippen LogP contribution in [-0.4, -0.2) is 5.11 Å². The van der Waals surface area contributed by atoms with E-state index < -0.39 is 0 Å². The van der Waals surface area contributed by atoms with Crippen molar-refractivity contribution in [3.05, 3.63) is 59.9 Å². The van der Waals surface area contributed by atoms with Crippen molar-refractivity contribution < 1.29 is 9.50 Å². The van der Waals surface area contributed by atoms with E-state index in [1.165, 1.54) is 16.2 Å². The predicted molar refractivity (Wildman–Crippen MR) is 73.1 cm³/mol. The van der Waals surface area contributed by atoms with Crippen LogP contribution in [0.15, 0.2) is 48.5 Å². The summed E-state index contributed by atoms with van der Waals surface area (Å²) in [6.45, 7) is -0.273. The number of fused-ring (bicyclic) bond motifs is 1. The van der Waals surface area contributed by atoms with Crippen LogP contribution in [0.3, 0.4) is 0 Å². The van der Waals surface area contributed by atoms with Crippen LogP contribution in [0.4, 0.5) is 4.39 Å². The van der Waals surface area contributed by atoms with Crippen molar-refractivity contribution in [2.24, 2.45) is 0 Å². The van der Waals surface area contributed by atoms with Gasteiger partial charge in [-0.15, -0.1) is 11.3 Å². The summed E-state index contributed by atoms with van der Waals surface area (Å²) in [5.41, 5.74) is 1.28. The second-order valence-corrected chi connectivity index (χ2v) is 5.20. The Morgan fingerprint density at radius 3 is 2.67 bits per heavy atom. The third-order valence-corrected chi connectivity index (χ3v) is 4.09. The summed E-state index contributed by atoms with van der Waals surface area (Å²) in [6.07, 6.45) is 0. The minimum absolute atomic E-state index is 0.273. The van der Waals surface area contributed by atoms with E-state index in [1.807, 2.05) is 12.1 Å². The monoisotopic (exact) mass is 258 g/mol. The normalized spacial score (nSPS) is 11.0. The maximum atomic E-state index is 13.3. The highest BCUT2D eigenvalue weighted by atomic mass is 32.1. The fraction of sp³-hybridized carbons (Fsp3) is 0.0667. The summed E-state index contributed by atoms with van der Waals surface area (Å²) >= 11 is 1.67. The lowest BCUT2D eigenvalue weighted by molar-refractivity contribution is 0.276. The van der Waals surface area contributed by atoms with E-state index in [0.29, 0.717) is 5.56 Å². The number of hydrogen-bond acceptors (Lipinski definition) is 2. The molecule has 90 valence electrons. The Morgan fingerprint density at radius 1 is 1.06 bits per heavy atom. The van der Waals surface area contributed by atoms with E-state index in [0.717, 1.165) is 10.4 Å². The summed E-state index contributed by atoms with van der Waals surface area (Å²) in [5.74, 6) is -0.359. The fourth-order valence-electron chi connectivity index (χ4n) is 1.97. The van der Waals surface area contributed by atoms with Crippen molar-refractivity contribution >= 4 is 21.4 Å². The first-order chi connectivity index (χ1) is 8.78. The average molecular weight is 258 g/mol. The lowest BCUT2D eigenvalue weighted by atomic mass is 10.1. The molecule has 2 aromatic carbocycles. The molecule has 0 aliphatic carbocycles. The van der Waals surface area contributed by atoms with Crippen LogP contribution in [0.25, 0.3) is 20.5 Å². The summed E-state index contributed by atoms with van der Waals surface area (Å²) < 4.78 is 14.5. The Labute approximate surface area is 108 Å². The zero-order chi connectivity index (χ0) is 12.5. The molecule has 0 fully saturated rings. The molecule has 3 rings (SSSR count). The van der Waals surface area contributed by atoms with Crippen LogP contribution < -0.4 is 0 Å². The Bertz CT molecular complexity index is 670. The van der Waals surface area contributed by atoms with Crippen molar-refractivity contribution in [3.8, 4) is 10.4 Å². The van der Waals surface area contributed by atoms with E-state index >= 15 is 0 Å². The molecule has 1 nitrogen and oxygen atoms in total. The Kier molecular flexibility index (Phi) is 2.86. The molecule has 1 N–H and O–H groups in total. The third kappa shape index (κ3) is 1.92. The molecule has 0 saturated heterocycles. The number of hydrogen-bond donors (Lipinski definition) is 1. The molecule has 0 amide bonds. The molecule has 0 aliphatic heterocycles. The van der Waals surface area contributed by atoms with Gasteiger partial charge in [0.2, 0.25) is 0 Å². The molecule has 1 heterocycles. The molecule has 0 atom stereocenters. The van der Waals surface area contributed by atoms with E-state index in [-0.39, 0.29) is 12.4 Å². The summed E-state index contributed by atoms with van der Waals surface area (Å²) in [5, 5.41) is 10.3. The molecule has 3 heteroatoms. The van der Waals surface area contributed by atoms with Gasteiger partial charge in [0.25, 0.3) is 0 Å². The quantitative estimate of drug-likeness (QED) is 0.730. The molecule has 0 spiro atoms. The van der Waals surface area contributed by atoms with Crippen molar-refractivity contribution in [2.45, 2.75) is 6.61 Å². The van der Waals surface area contributed by atoms with Gasteiger partial charge in [-0.3, -0.25) is 0 Å². The Hall–Kier alpha value is -1.71. The fourth-order valence-corrected chi connectivity index (χ4v) is 3.03. The summed E-state index contributed by atoms with van der Waals surface area (Å²) in [7, 11) is 0. The third-order valence-electron chi connectivity index (χ3n) is 2.93. The summed E-state index contributed by atoms with van der Waals surface area (Å²) in [6, 6.07) is 15.1. The van der Waals surface area contributed by atoms with Crippen LogP contribution in [-0.2, 0) is 6.61 Å². The topological polar surface area (TPSA) is 20.2 Å². The van der Waals surface area contributed by atoms with Crippen LogP contribution in [0.1, 0.15) is 5.56 Å². The Balaban J connectivity index is 2.13. The van der Waals surface area contributed by atoms with Crippen molar-refractivity contribution in [3.63, 3.8) is 0 Å². The predicted octanol–water partition coefficient (Wildman–Crippen LogP) is 4.20. The highest BCUT2D eigenvalue weighted by molar-refractivity contribution is 7.22. The number of benzene rings is 2. The zero-order valence-corrected chi connectivity index (χ0v) is 10.4. The van der Waals surface area contributed by atoms with Crippen LogP contribution in [0, 0.1) is 5.82 Å². The summed E-state index contributed by atoms with van der Waals surface area (Å²) in [4.78, 5) is 1.09. The smallest absolute Gasteiger partial charge is 0.128 e. The largest absolute Gasteiger partial charge is 0.392 e. The molecular weight excluding hydrogens is 247 g/mol. The maximum Gasteiger partial charge on any atom is 0.128 e. The van der Waals surface area contributed by atoms with E-state index in [1.54, 1.807) is 23.5 Å². The van der Waals surface area contributed by atoms with Crippen molar-refractivity contribution in [1.82, 2.24) is 0 Å². The first kappa shape index (κ1) is 11.4. The van der Waals surface area contributed by atoms with E-state index in [2.05, 4.69) is 18.2 Å². The number of thiophene rings is 1. The molecule has 18 heavy (non-hydrogen) atoms. The maximum absolute atomic E-state index is 13.3. The highest BCUT2D eigenvalue weighted by Crippen LogP contribution is 2.34. The van der Waals surface area contributed by atoms with Gasteiger partial charge in [0.15, 0.2) is 0 Å². The second kappa shape index (κ2) is 4.52. The SMILES string of the molecule is OCc1cc(-c2cc3ccccc3s2)ccc1F. The molecule has 0 aliphatic rings.